The maximum absolute atomic E-state index is 13.1. The second-order valence-electron chi connectivity index (χ2n) is 9.54. The van der Waals surface area contributed by atoms with Gasteiger partial charge in [0.15, 0.2) is 5.65 Å². The Bertz CT molecular complexity index is 1490. The van der Waals surface area contributed by atoms with E-state index >= 15 is 0 Å². The van der Waals surface area contributed by atoms with Gasteiger partial charge in [-0.3, -0.25) is 9.36 Å². The fourth-order valence-corrected chi connectivity index (χ4v) is 5.06. The molecular weight excluding hydrogens is 454 g/mol. The number of piperazine rings is 1. The summed E-state index contributed by atoms with van der Waals surface area (Å²) in [5.41, 5.74) is 2.95. The van der Waals surface area contributed by atoms with Crippen molar-refractivity contribution in [2.75, 3.05) is 18.0 Å². The maximum Gasteiger partial charge on any atom is 0.272 e. The molecule has 1 saturated carbocycles. The molecule has 0 bridgehead atoms. The highest BCUT2D eigenvalue weighted by atomic mass is 16.2. The van der Waals surface area contributed by atoms with Crippen molar-refractivity contribution in [1.29, 1.82) is 5.26 Å². The summed E-state index contributed by atoms with van der Waals surface area (Å²) in [7, 11) is 0. The standard InChI is InChI=1S/C26H25N9O/c1-16-12-34(26(36)21-6-7-28-14-30-21)17(2)11-33(16)24-23-20(19-3-4-19)13-35(25(23)32-15-31-24)22-9-18(10-27)5-8-29-22/h5-9,13-17,19H,3-4,11-12H2,1-2H3/t16-,17+/m0/s1. The Labute approximate surface area is 208 Å². The summed E-state index contributed by atoms with van der Waals surface area (Å²) in [6, 6.07) is 7.33. The van der Waals surface area contributed by atoms with E-state index in [4.69, 9.17) is 4.98 Å². The summed E-state index contributed by atoms with van der Waals surface area (Å²) in [4.78, 5) is 39.3. The fourth-order valence-electron chi connectivity index (χ4n) is 5.06. The van der Waals surface area contributed by atoms with Gasteiger partial charge >= 0.3 is 0 Å². The second-order valence-corrected chi connectivity index (χ2v) is 9.54. The number of hydrogen-bond acceptors (Lipinski definition) is 8. The van der Waals surface area contributed by atoms with Crippen molar-refractivity contribution in [2.24, 2.45) is 0 Å². The van der Waals surface area contributed by atoms with Crippen molar-refractivity contribution < 1.29 is 4.79 Å². The van der Waals surface area contributed by atoms with E-state index in [0.29, 0.717) is 36.1 Å². The molecule has 0 N–H and O–H groups in total. The zero-order valence-corrected chi connectivity index (χ0v) is 20.1. The summed E-state index contributed by atoms with van der Waals surface area (Å²) in [6.45, 7) is 5.37. The SMILES string of the molecule is C[C@@H]1CN(c2ncnc3c2c(C2CC2)cn3-c2cc(C#N)ccn2)[C@@H](C)CN1C(=O)c1ccncn1. The number of aromatic nitrogens is 6. The van der Waals surface area contributed by atoms with E-state index in [1.54, 1.807) is 36.9 Å². The topological polar surface area (TPSA) is 117 Å². The van der Waals surface area contributed by atoms with Gasteiger partial charge in [0.2, 0.25) is 0 Å². The highest BCUT2D eigenvalue weighted by Gasteiger charge is 2.36. The van der Waals surface area contributed by atoms with Crippen molar-refractivity contribution in [3.8, 4) is 11.9 Å². The monoisotopic (exact) mass is 479 g/mol. The highest BCUT2D eigenvalue weighted by Crippen LogP contribution is 2.46. The third-order valence-corrected chi connectivity index (χ3v) is 7.05. The van der Waals surface area contributed by atoms with Crippen LogP contribution in [0, 0.1) is 11.3 Å². The van der Waals surface area contributed by atoms with Crippen LogP contribution in [0.15, 0.2) is 49.4 Å². The van der Waals surface area contributed by atoms with Crippen LogP contribution in [0.25, 0.3) is 16.9 Å². The van der Waals surface area contributed by atoms with Gasteiger partial charge in [-0.2, -0.15) is 5.26 Å². The molecule has 5 heterocycles. The number of fused-ring (bicyclic) bond motifs is 1. The number of amides is 1. The molecule has 0 unspecified atom stereocenters. The number of pyridine rings is 1. The number of carbonyl (C=O) groups is 1. The van der Waals surface area contributed by atoms with Crippen LogP contribution in [0.1, 0.15) is 54.2 Å². The van der Waals surface area contributed by atoms with Gasteiger partial charge in [-0.05, 0) is 56.4 Å². The Morgan fingerprint density at radius 2 is 1.89 bits per heavy atom. The largest absolute Gasteiger partial charge is 0.349 e. The molecule has 1 amide bonds. The van der Waals surface area contributed by atoms with E-state index in [2.05, 4.69) is 50.9 Å². The quantitative estimate of drug-likeness (QED) is 0.438. The zero-order chi connectivity index (χ0) is 24.8. The van der Waals surface area contributed by atoms with E-state index in [9.17, 15) is 10.1 Å². The zero-order valence-electron chi connectivity index (χ0n) is 20.1. The average molecular weight is 480 g/mol. The molecule has 1 aliphatic carbocycles. The number of hydrogen-bond donors (Lipinski definition) is 0. The minimum Gasteiger partial charge on any atom is -0.349 e. The Kier molecular flexibility index (Phi) is 5.33. The maximum atomic E-state index is 13.1. The van der Waals surface area contributed by atoms with Gasteiger partial charge in [0, 0.05) is 43.8 Å². The van der Waals surface area contributed by atoms with Crippen LogP contribution >= 0.6 is 0 Å². The predicted octanol–water partition coefficient (Wildman–Crippen LogP) is 3.09. The lowest BCUT2D eigenvalue weighted by atomic mass is 10.1. The number of nitriles is 1. The summed E-state index contributed by atoms with van der Waals surface area (Å²) in [5, 5.41) is 10.4. The van der Waals surface area contributed by atoms with Crippen molar-refractivity contribution in [1.82, 2.24) is 34.4 Å². The Morgan fingerprint density at radius 3 is 2.64 bits per heavy atom. The molecule has 36 heavy (non-hydrogen) atoms. The molecule has 0 spiro atoms. The van der Waals surface area contributed by atoms with Crippen molar-refractivity contribution in [3.63, 3.8) is 0 Å². The summed E-state index contributed by atoms with van der Waals surface area (Å²) < 4.78 is 1.97. The molecule has 0 radical (unpaired) electrons. The van der Waals surface area contributed by atoms with E-state index in [-0.39, 0.29) is 18.0 Å². The van der Waals surface area contributed by atoms with Gasteiger partial charge in [0.1, 0.15) is 30.0 Å². The lowest BCUT2D eigenvalue weighted by Gasteiger charge is -2.44. The molecule has 10 nitrogen and oxygen atoms in total. The normalized spacial score (nSPS) is 19.9. The van der Waals surface area contributed by atoms with Gasteiger partial charge < -0.3 is 9.80 Å². The number of nitrogens with zero attached hydrogens (tertiary/aromatic N) is 9. The summed E-state index contributed by atoms with van der Waals surface area (Å²) >= 11 is 0. The van der Waals surface area contributed by atoms with E-state index in [1.165, 1.54) is 11.9 Å². The molecular formula is C26H25N9O. The van der Waals surface area contributed by atoms with Gasteiger partial charge in [0.25, 0.3) is 5.91 Å². The molecule has 1 aliphatic heterocycles. The van der Waals surface area contributed by atoms with Crippen LogP contribution < -0.4 is 4.90 Å². The third kappa shape index (κ3) is 3.73. The van der Waals surface area contributed by atoms with Gasteiger partial charge in [-0.1, -0.05) is 0 Å². The van der Waals surface area contributed by atoms with Crippen LogP contribution in [0.5, 0.6) is 0 Å². The molecule has 2 fully saturated rings. The van der Waals surface area contributed by atoms with Crippen LogP contribution in [0.3, 0.4) is 0 Å². The molecule has 6 rings (SSSR count). The minimum atomic E-state index is -0.0856. The van der Waals surface area contributed by atoms with Crippen molar-refractivity contribution in [2.45, 2.75) is 44.7 Å². The number of rotatable bonds is 4. The smallest absolute Gasteiger partial charge is 0.272 e. The first-order chi connectivity index (χ1) is 17.5. The molecule has 2 atom stereocenters. The lowest BCUT2D eigenvalue weighted by molar-refractivity contribution is 0.0638. The van der Waals surface area contributed by atoms with Gasteiger partial charge in [-0.15, -0.1) is 0 Å². The molecule has 180 valence electrons. The van der Waals surface area contributed by atoms with Gasteiger partial charge in [0.05, 0.1) is 17.0 Å². The molecule has 10 heteroatoms. The molecule has 1 saturated heterocycles. The first-order valence-electron chi connectivity index (χ1n) is 12.1. The first-order valence-corrected chi connectivity index (χ1v) is 12.1. The highest BCUT2D eigenvalue weighted by molar-refractivity contribution is 5.94. The van der Waals surface area contributed by atoms with Gasteiger partial charge in [-0.25, -0.2) is 24.9 Å². The van der Waals surface area contributed by atoms with Crippen molar-refractivity contribution >= 4 is 22.8 Å². The van der Waals surface area contributed by atoms with E-state index < -0.39 is 0 Å². The molecule has 0 aromatic carbocycles. The molecule has 4 aromatic rings. The first kappa shape index (κ1) is 22.1. The third-order valence-electron chi connectivity index (χ3n) is 7.05. The number of carbonyl (C=O) groups excluding carboxylic acids is 1. The van der Waals surface area contributed by atoms with E-state index in [0.717, 1.165) is 29.7 Å². The predicted molar refractivity (Wildman–Crippen MR) is 133 cm³/mol. The molecule has 4 aromatic heterocycles. The summed E-state index contributed by atoms with van der Waals surface area (Å²) in [5.74, 6) is 1.92. The van der Waals surface area contributed by atoms with Crippen LogP contribution in [-0.4, -0.2) is 65.5 Å². The minimum absolute atomic E-state index is 0.0332. The van der Waals surface area contributed by atoms with Crippen molar-refractivity contribution in [3.05, 3.63) is 66.3 Å². The second kappa shape index (κ2) is 8.68. The molecule has 2 aliphatic rings. The number of anilines is 1. The lowest BCUT2D eigenvalue weighted by Crippen LogP contribution is -2.58. The Balaban J connectivity index is 1.39. The van der Waals surface area contributed by atoms with Crippen LogP contribution in [-0.2, 0) is 0 Å². The Hall–Kier alpha value is -4.39. The summed E-state index contributed by atoms with van der Waals surface area (Å²) in [6.07, 6.45) is 10.6. The van der Waals surface area contributed by atoms with E-state index in [1.807, 2.05) is 9.47 Å². The fraction of sp³-hybridized carbons (Fsp3) is 0.346. The Morgan fingerprint density at radius 1 is 1.03 bits per heavy atom. The van der Waals surface area contributed by atoms with Crippen LogP contribution in [0.4, 0.5) is 5.82 Å². The van der Waals surface area contributed by atoms with Crippen LogP contribution in [0.2, 0.25) is 0 Å². The average Bonchev–Trinajstić information content (AvgIpc) is 3.69.